The highest BCUT2D eigenvalue weighted by Crippen LogP contribution is 2.36. The second kappa shape index (κ2) is 5.61. The highest BCUT2D eigenvalue weighted by molar-refractivity contribution is 6.03. The van der Waals surface area contributed by atoms with Crippen molar-refractivity contribution in [1.29, 1.82) is 0 Å². The van der Waals surface area contributed by atoms with E-state index in [-0.39, 0.29) is 12.5 Å². The number of carbonyl (C=O) groups is 1. The molecule has 0 radical (unpaired) electrons. The lowest BCUT2D eigenvalue weighted by Gasteiger charge is -2.11. The molecule has 1 aromatic heterocycles. The molecule has 0 saturated heterocycles. The number of carbonyl (C=O) groups excluding carboxylic acids is 1. The number of hydrogen-bond donors (Lipinski definition) is 2. The Hall–Kier alpha value is -2.27. The molecular formula is C16H18N2O3. The van der Waals surface area contributed by atoms with Gasteiger partial charge in [0.2, 0.25) is 0 Å². The van der Waals surface area contributed by atoms with Gasteiger partial charge in [-0.15, -0.1) is 0 Å². The number of amides is 1. The van der Waals surface area contributed by atoms with Gasteiger partial charge in [-0.3, -0.25) is 4.79 Å². The molecule has 2 N–H and O–H groups in total. The van der Waals surface area contributed by atoms with Crippen LogP contribution in [0.4, 0.5) is 5.69 Å². The molecule has 0 bridgehead atoms. The van der Waals surface area contributed by atoms with Gasteiger partial charge >= 0.3 is 0 Å². The predicted octanol–water partition coefficient (Wildman–Crippen LogP) is 2.58. The maximum absolute atomic E-state index is 12.4. The topological polar surface area (TPSA) is 63.5 Å². The van der Waals surface area contributed by atoms with E-state index in [1.807, 2.05) is 22.9 Å². The Morgan fingerprint density at radius 2 is 2.24 bits per heavy atom. The molecule has 1 amide bonds. The van der Waals surface area contributed by atoms with Gasteiger partial charge in [0, 0.05) is 23.5 Å². The van der Waals surface area contributed by atoms with Crippen molar-refractivity contribution in [1.82, 2.24) is 4.57 Å². The lowest BCUT2D eigenvalue weighted by molar-refractivity contribution is 0.101. The zero-order valence-corrected chi connectivity index (χ0v) is 11.9. The first kappa shape index (κ1) is 13.7. The molecule has 5 heteroatoms. The number of aliphatic hydroxyl groups excluding tert-OH is 1. The molecule has 5 nitrogen and oxygen atoms in total. The number of nitrogens with one attached hydrogen (secondary N) is 1. The van der Waals surface area contributed by atoms with E-state index in [0.29, 0.717) is 28.7 Å². The van der Waals surface area contributed by atoms with Crippen LogP contribution in [0.1, 0.15) is 34.9 Å². The maximum atomic E-state index is 12.4. The van der Waals surface area contributed by atoms with Crippen molar-refractivity contribution in [3.05, 3.63) is 47.8 Å². The van der Waals surface area contributed by atoms with E-state index >= 15 is 0 Å². The van der Waals surface area contributed by atoms with E-state index in [1.165, 1.54) is 0 Å². The monoisotopic (exact) mass is 286 g/mol. The summed E-state index contributed by atoms with van der Waals surface area (Å²) < 4.78 is 7.17. The molecule has 1 heterocycles. The van der Waals surface area contributed by atoms with Crippen LogP contribution in [0.25, 0.3) is 0 Å². The van der Waals surface area contributed by atoms with Gasteiger partial charge in [-0.25, -0.2) is 0 Å². The summed E-state index contributed by atoms with van der Waals surface area (Å²) in [6.45, 7) is -0.134. The molecule has 0 atom stereocenters. The van der Waals surface area contributed by atoms with Crippen LogP contribution in [0.15, 0.2) is 36.5 Å². The van der Waals surface area contributed by atoms with E-state index in [2.05, 4.69) is 5.32 Å². The molecule has 1 fully saturated rings. The maximum Gasteiger partial charge on any atom is 0.272 e. The van der Waals surface area contributed by atoms with E-state index in [4.69, 9.17) is 4.74 Å². The molecule has 21 heavy (non-hydrogen) atoms. The summed E-state index contributed by atoms with van der Waals surface area (Å²) in [5, 5.41) is 12.2. The molecule has 110 valence electrons. The third kappa shape index (κ3) is 2.78. The molecule has 1 saturated carbocycles. The van der Waals surface area contributed by atoms with Crippen LogP contribution < -0.4 is 10.1 Å². The van der Waals surface area contributed by atoms with Gasteiger partial charge in [-0.2, -0.15) is 0 Å². The first-order chi connectivity index (χ1) is 10.2. The Kier molecular flexibility index (Phi) is 3.66. The van der Waals surface area contributed by atoms with Crippen LogP contribution in [0.5, 0.6) is 5.75 Å². The number of aromatic nitrogens is 1. The molecule has 0 unspecified atom stereocenters. The van der Waals surface area contributed by atoms with Crippen LogP contribution in [0.3, 0.4) is 0 Å². The summed E-state index contributed by atoms with van der Waals surface area (Å²) in [7, 11) is 1.55. The smallest absolute Gasteiger partial charge is 0.272 e. The fraction of sp³-hybridized carbons (Fsp3) is 0.312. The van der Waals surface area contributed by atoms with Gasteiger partial charge in [-0.1, -0.05) is 0 Å². The minimum absolute atomic E-state index is 0.134. The average molecular weight is 286 g/mol. The van der Waals surface area contributed by atoms with Gasteiger partial charge in [0.15, 0.2) is 0 Å². The van der Waals surface area contributed by atoms with Crippen molar-refractivity contribution in [2.45, 2.75) is 25.5 Å². The summed E-state index contributed by atoms with van der Waals surface area (Å²) in [5.74, 6) is 0.470. The zero-order valence-electron chi connectivity index (χ0n) is 11.9. The lowest BCUT2D eigenvalue weighted by atomic mass is 10.2. The number of rotatable bonds is 5. The SMILES string of the molecule is COc1ccc(NC(=O)c2cccn2C2CC2)cc1CO. The predicted molar refractivity (Wildman–Crippen MR) is 79.6 cm³/mol. The fourth-order valence-electron chi connectivity index (χ4n) is 2.43. The van der Waals surface area contributed by atoms with Crippen LogP contribution in [0.2, 0.25) is 0 Å². The average Bonchev–Trinajstić information content (AvgIpc) is 3.23. The minimum atomic E-state index is -0.138. The summed E-state index contributed by atoms with van der Waals surface area (Å²) in [5.41, 5.74) is 1.96. The van der Waals surface area contributed by atoms with E-state index in [1.54, 1.807) is 25.3 Å². The first-order valence-corrected chi connectivity index (χ1v) is 6.99. The summed E-state index contributed by atoms with van der Waals surface area (Å²) in [4.78, 5) is 12.4. The van der Waals surface area contributed by atoms with Crippen molar-refractivity contribution in [3.63, 3.8) is 0 Å². The number of anilines is 1. The largest absolute Gasteiger partial charge is 0.496 e. The van der Waals surface area contributed by atoms with Crippen molar-refractivity contribution in [2.75, 3.05) is 12.4 Å². The lowest BCUT2D eigenvalue weighted by Crippen LogP contribution is -2.16. The van der Waals surface area contributed by atoms with Crippen molar-refractivity contribution < 1.29 is 14.6 Å². The van der Waals surface area contributed by atoms with Gasteiger partial charge in [0.05, 0.1) is 13.7 Å². The second-order valence-electron chi connectivity index (χ2n) is 5.17. The molecule has 1 aliphatic rings. The molecule has 0 spiro atoms. The molecule has 1 aromatic carbocycles. The molecule has 0 aliphatic heterocycles. The third-order valence-corrected chi connectivity index (χ3v) is 3.66. The molecule has 3 rings (SSSR count). The number of aliphatic hydroxyl groups is 1. The van der Waals surface area contributed by atoms with E-state index < -0.39 is 0 Å². The standard InChI is InChI=1S/C16H18N2O3/c1-21-15-7-4-12(9-11(15)10-19)17-16(20)14-3-2-8-18(14)13-5-6-13/h2-4,7-9,13,19H,5-6,10H2,1H3,(H,17,20). The van der Waals surface area contributed by atoms with Crippen LogP contribution in [-0.2, 0) is 6.61 Å². The Morgan fingerprint density at radius 3 is 2.90 bits per heavy atom. The number of hydrogen-bond acceptors (Lipinski definition) is 3. The van der Waals surface area contributed by atoms with Gasteiger partial charge in [0.25, 0.3) is 5.91 Å². The van der Waals surface area contributed by atoms with Crippen molar-refractivity contribution >= 4 is 11.6 Å². The highest BCUT2D eigenvalue weighted by atomic mass is 16.5. The van der Waals surface area contributed by atoms with E-state index in [9.17, 15) is 9.90 Å². The highest BCUT2D eigenvalue weighted by Gasteiger charge is 2.26. The molecule has 1 aliphatic carbocycles. The minimum Gasteiger partial charge on any atom is -0.496 e. The van der Waals surface area contributed by atoms with Gasteiger partial charge < -0.3 is 19.7 Å². The van der Waals surface area contributed by atoms with Crippen LogP contribution in [0, 0.1) is 0 Å². The van der Waals surface area contributed by atoms with Crippen molar-refractivity contribution in [3.8, 4) is 5.75 Å². The van der Waals surface area contributed by atoms with Gasteiger partial charge in [-0.05, 0) is 43.2 Å². The Bertz CT molecular complexity index is 659. The number of benzene rings is 1. The van der Waals surface area contributed by atoms with Gasteiger partial charge in [0.1, 0.15) is 11.4 Å². The zero-order chi connectivity index (χ0) is 14.8. The second-order valence-corrected chi connectivity index (χ2v) is 5.17. The molecule has 2 aromatic rings. The summed E-state index contributed by atoms with van der Waals surface area (Å²) in [6.07, 6.45) is 4.21. The Labute approximate surface area is 123 Å². The quantitative estimate of drug-likeness (QED) is 0.888. The van der Waals surface area contributed by atoms with Crippen LogP contribution in [-0.4, -0.2) is 22.7 Å². The summed E-state index contributed by atoms with van der Waals surface area (Å²) >= 11 is 0. The fourth-order valence-corrected chi connectivity index (χ4v) is 2.43. The number of methoxy groups -OCH3 is 1. The van der Waals surface area contributed by atoms with Crippen molar-refractivity contribution in [2.24, 2.45) is 0 Å². The normalized spacial score (nSPS) is 14.0. The first-order valence-electron chi connectivity index (χ1n) is 6.99. The Morgan fingerprint density at radius 1 is 1.43 bits per heavy atom. The Balaban J connectivity index is 1.79. The van der Waals surface area contributed by atoms with Crippen LogP contribution >= 0.6 is 0 Å². The molecular weight excluding hydrogens is 268 g/mol. The van der Waals surface area contributed by atoms with E-state index in [0.717, 1.165) is 12.8 Å². The third-order valence-electron chi connectivity index (χ3n) is 3.66. The number of ether oxygens (including phenoxy) is 1. The summed E-state index contributed by atoms with van der Waals surface area (Å²) in [6, 6.07) is 9.40. The number of nitrogens with zero attached hydrogens (tertiary/aromatic N) is 1.